The molecule has 3 saturated heterocycles. The van der Waals surface area contributed by atoms with Crippen molar-refractivity contribution in [2.45, 2.75) is 50.9 Å². The van der Waals surface area contributed by atoms with Gasteiger partial charge in [0, 0.05) is 19.6 Å². The van der Waals surface area contributed by atoms with Crippen LogP contribution < -0.4 is 0 Å². The molecular weight excluding hydrogens is 304 g/mol. The minimum atomic E-state index is -0.122. The largest absolute Gasteiger partial charge is 0.465 e. The van der Waals surface area contributed by atoms with Crippen molar-refractivity contribution in [3.63, 3.8) is 0 Å². The van der Waals surface area contributed by atoms with Gasteiger partial charge in [-0.3, -0.25) is 4.90 Å². The van der Waals surface area contributed by atoms with E-state index < -0.39 is 0 Å². The van der Waals surface area contributed by atoms with E-state index in [-0.39, 0.29) is 5.60 Å². The quantitative estimate of drug-likeness (QED) is 0.845. The Morgan fingerprint density at radius 3 is 2.83 bits per heavy atom. The minimum absolute atomic E-state index is 0.122. The highest BCUT2D eigenvalue weighted by atomic mass is 16.6. The molecule has 3 aliphatic heterocycles. The third-order valence-electron chi connectivity index (χ3n) is 5.60. The van der Waals surface area contributed by atoms with Crippen LogP contribution in [0.15, 0.2) is 16.5 Å². The van der Waals surface area contributed by atoms with Crippen molar-refractivity contribution in [2.75, 3.05) is 45.9 Å². The summed E-state index contributed by atoms with van der Waals surface area (Å²) in [5.41, 5.74) is -0.122. The van der Waals surface area contributed by atoms with Crippen LogP contribution in [-0.2, 0) is 16.0 Å². The number of furan rings is 1. The third kappa shape index (κ3) is 3.85. The van der Waals surface area contributed by atoms with Gasteiger partial charge in [-0.1, -0.05) is 0 Å². The van der Waals surface area contributed by atoms with E-state index in [9.17, 15) is 0 Å². The zero-order chi connectivity index (χ0) is 16.4. The van der Waals surface area contributed by atoms with Crippen molar-refractivity contribution in [3.05, 3.63) is 23.7 Å². The predicted molar refractivity (Wildman–Crippen MR) is 92.1 cm³/mol. The molecule has 0 N–H and O–H groups in total. The van der Waals surface area contributed by atoms with Gasteiger partial charge in [-0.15, -0.1) is 0 Å². The molecule has 3 fully saturated rings. The summed E-state index contributed by atoms with van der Waals surface area (Å²) in [5.74, 6) is 2.02. The van der Waals surface area contributed by atoms with E-state index in [0.717, 1.165) is 63.8 Å². The van der Waals surface area contributed by atoms with Crippen LogP contribution in [0, 0.1) is 6.92 Å². The number of ether oxygens (including phenoxy) is 2. The highest BCUT2D eigenvalue weighted by Gasteiger charge is 2.43. The molecule has 0 unspecified atom stereocenters. The van der Waals surface area contributed by atoms with Crippen LogP contribution in [0.2, 0.25) is 0 Å². The van der Waals surface area contributed by atoms with Crippen LogP contribution in [0.3, 0.4) is 0 Å². The van der Waals surface area contributed by atoms with Gasteiger partial charge in [0.25, 0.3) is 0 Å². The van der Waals surface area contributed by atoms with Gasteiger partial charge in [0.2, 0.25) is 0 Å². The van der Waals surface area contributed by atoms with Gasteiger partial charge in [-0.05, 0) is 57.8 Å². The maximum atomic E-state index is 6.57. The van der Waals surface area contributed by atoms with Gasteiger partial charge in [0.1, 0.15) is 17.1 Å². The van der Waals surface area contributed by atoms with Crippen molar-refractivity contribution in [1.82, 2.24) is 9.80 Å². The summed E-state index contributed by atoms with van der Waals surface area (Å²) in [6, 6.07) is 4.12. The first-order valence-electron chi connectivity index (χ1n) is 9.46. The molecule has 24 heavy (non-hydrogen) atoms. The van der Waals surface area contributed by atoms with Gasteiger partial charge in [0.05, 0.1) is 25.9 Å². The first kappa shape index (κ1) is 16.6. The Morgan fingerprint density at radius 2 is 2.04 bits per heavy atom. The Bertz CT molecular complexity index is 540. The van der Waals surface area contributed by atoms with Crippen LogP contribution in [0.4, 0.5) is 0 Å². The smallest absolute Gasteiger partial charge is 0.118 e. The third-order valence-corrected chi connectivity index (χ3v) is 5.60. The number of likely N-dealkylation sites (tertiary alicyclic amines) is 1. The van der Waals surface area contributed by atoms with E-state index in [1.807, 2.05) is 13.0 Å². The van der Waals surface area contributed by atoms with Gasteiger partial charge < -0.3 is 18.8 Å². The Hall–Kier alpha value is -0.880. The fourth-order valence-electron chi connectivity index (χ4n) is 4.41. The molecule has 2 atom stereocenters. The number of hydrogen-bond acceptors (Lipinski definition) is 5. The molecule has 1 aromatic heterocycles. The molecule has 1 spiro atoms. The lowest BCUT2D eigenvalue weighted by Crippen LogP contribution is -2.45. The fraction of sp³-hybridized carbons (Fsp3) is 0.789. The zero-order valence-electron chi connectivity index (χ0n) is 14.8. The number of nitrogens with zero attached hydrogens (tertiary/aromatic N) is 2. The molecule has 134 valence electrons. The Morgan fingerprint density at radius 1 is 1.17 bits per heavy atom. The number of hydrogen-bond donors (Lipinski definition) is 0. The summed E-state index contributed by atoms with van der Waals surface area (Å²) in [4.78, 5) is 4.99. The second-order valence-corrected chi connectivity index (χ2v) is 7.74. The molecule has 5 nitrogen and oxygen atoms in total. The van der Waals surface area contributed by atoms with Crippen molar-refractivity contribution >= 4 is 0 Å². The molecule has 4 heterocycles. The topological polar surface area (TPSA) is 38.1 Å². The van der Waals surface area contributed by atoms with Crippen LogP contribution in [0.1, 0.15) is 37.2 Å². The highest BCUT2D eigenvalue weighted by molar-refractivity contribution is 5.06. The standard InChI is InChI=1S/C19H30N2O3/c1-16-4-5-17(23-16)12-21-10-11-22-15-19(14-21)7-6-18(24-19)13-20-8-2-3-9-20/h4-5,18H,2-3,6-15H2,1H3/t18-,19+/m0/s1. The van der Waals surface area contributed by atoms with E-state index in [1.165, 1.54) is 25.9 Å². The maximum absolute atomic E-state index is 6.57. The van der Waals surface area contributed by atoms with E-state index in [2.05, 4.69) is 15.9 Å². The lowest BCUT2D eigenvalue weighted by Gasteiger charge is -2.32. The van der Waals surface area contributed by atoms with E-state index in [0.29, 0.717) is 6.10 Å². The minimum Gasteiger partial charge on any atom is -0.465 e. The monoisotopic (exact) mass is 334 g/mol. The SMILES string of the molecule is Cc1ccc(CN2CCOC[C@@]3(CC[C@@H](CN4CCCC4)O3)C2)o1. The second kappa shape index (κ2) is 7.16. The molecule has 0 radical (unpaired) electrons. The average Bonchev–Trinajstić information content (AvgIpc) is 3.25. The summed E-state index contributed by atoms with van der Waals surface area (Å²) < 4.78 is 18.2. The van der Waals surface area contributed by atoms with Crippen molar-refractivity contribution < 1.29 is 13.9 Å². The van der Waals surface area contributed by atoms with Gasteiger partial charge in [-0.2, -0.15) is 0 Å². The predicted octanol–water partition coefficient (Wildman–Crippen LogP) is 2.43. The Kier molecular flexibility index (Phi) is 4.95. The molecule has 0 saturated carbocycles. The molecule has 5 heteroatoms. The Labute approximate surface area is 144 Å². The van der Waals surface area contributed by atoms with Crippen molar-refractivity contribution in [2.24, 2.45) is 0 Å². The van der Waals surface area contributed by atoms with Crippen molar-refractivity contribution in [1.29, 1.82) is 0 Å². The lowest BCUT2D eigenvalue weighted by molar-refractivity contribution is -0.0916. The Balaban J connectivity index is 1.36. The second-order valence-electron chi connectivity index (χ2n) is 7.74. The van der Waals surface area contributed by atoms with Gasteiger partial charge >= 0.3 is 0 Å². The molecular formula is C19H30N2O3. The van der Waals surface area contributed by atoms with Crippen LogP contribution in [-0.4, -0.2) is 67.4 Å². The summed E-state index contributed by atoms with van der Waals surface area (Å²) >= 11 is 0. The first-order chi connectivity index (χ1) is 11.7. The summed E-state index contributed by atoms with van der Waals surface area (Å²) in [6.07, 6.45) is 5.33. The molecule has 1 aromatic rings. The molecule has 0 bridgehead atoms. The normalized spacial score (nSPS) is 32.6. The summed E-state index contributed by atoms with van der Waals surface area (Å²) in [7, 11) is 0. The number of aryl methyl sites for hydroxylation is 1. The van der Waals surface area contributed by atoms with Crippen LogP contribution in [0.25, 0.3) is 0 Å². The van der Waals surface area contributed by atoms with E-state index in [4.69, 9.17) is 13.9 Å². The maximum Gasteiger partial charge on any atom is 0.118 e. The first-order valence-corrected chi connectivity index (χ1v) is 9.46. The zero-order valence-corrected chi connectivity index (χ0v) is 14.8. The summed E-state index contributed by atoms with van der Waals surface area (Å²) in [5, 5.41) is 0. The van der Waals surface area contributed by atoms with E-state index in [1.54, 1.807) is 0 Å². The molecule has 0 aromatic carbocycles. The molecule has 3 aliphatic rings. The lowest BCUT2D eigenvalue weighted by atomic mass is 10.00. The van der Waals surface area contributed by atoms with Crippen LogP contribution >= 0.6 is 0 Å². The fourth-order valence-corrected chi connectivity index (χ4v) is 4.41. The van der Waals surface area contributed by atoms with Crippen molar-refractivity contribution in [3.8, 4) is 0 Å². The molecule has 0 aliphatic carbocycles. The summed E-state index contributed by atoms with van der Waals surface area (Å²) in [6.45, 7) is 9.84. The molecule has 0 amide bonds. The van der Waals surface area contributed by atoms with E-state index >= 15 is 0 Å². The van der Waals surface area contributed by atoms with Gasteiger partial charge in [0.15, 0.2) is 0 Å². The highest BCUT2D eigenvalue weighted by Crippen LogP contribution is 2.34. The van der Waals surface area contributed by atoms with Gasteiger partial charge in [-0.25, -0.2) is 0 Å². The molecule has 4 rings (SSSR count). The van der Waals surface area contributed by atoms with Crippen LogP contribution in [0.5, 0.6) is 0 Å². The average molecular weight is 334 g/mol. The number of rotatable bonds is 4.